The van der Waals surface area contributed by atoms with Crippen molar-refractivity contribution in [1.29, 1.82) is 0 Å². The zero-order chi connectivity index (χ0) is 23.6. The molecule has 0 radical (unpaired) electrons. The molecule has 2 aromatic carbocycles. The highest BCUT2D eigenvalue weighted by Gasteiger charge is 2.36. The summed E-state index contributed by atoms with van der Waals surface area (Å²) < 4.78 is 44.6. The van der Waals surface area contributed by atoms with Crippen molar-refractivity contribution < 1.29 is 27.6 Å². The molecule has 0 aliphatic rings. The summed E-state index contributed by atoms with van der Waals surface area (Å²) in [6.45, 7) is 0. The van der Waals surface area contributed by atoms with Crippen molar-refractivity contribution in [2.45, 2.75) is 6.18 Å². The minimum Gasteiger partial charge on any atom is -0.455 e. The predicted octanol–water partition coefficient (Wildman–Crippen LogP) is 7.01. The molecular formula is C19H9Cl3F3N3O4. The van der Waals surface area contributed by atoms with Crippen LogP contribution in [-0.4, -0.2) is 15.8 Å². The number of halogens is 6. The maximum Gasteiger partial charge on any atom is 0.437 e. The summed E-state index contributed by atoms with van der Waals surface area (Å²) >= 11 is 17.7. The number of nitrogens with zero attached hydrogens (tertiary/aromatic N) is 2. The highest BCUT2D eigenvalue weighted by atomic mass is 35.5. The Hall–Kier alpha value is -3.08. The molecule has 0 unspecified atom stereocenters. The number of carbonyl (C=O) groups is 1. The largest absolute Gasteiger partial charge is 0.455 e. The first-order valence-electron chi connectivity index (χ1n) is 8.41. The molecule has 1 aromatic heterocycles. The number of anilines is 1. The topological polar surface area (TPSA) is 94.4 Å². The minimum atomic E-state index is -4.80. The third kappa shape index (κ3) is 5.21. The molecule has 0 spiro atoms. The molecule has 0 saturated carbocycles. The van der Waals surface area contributed by atoms with Crippen molar-refractivity contribution in [3.05, 3.63) is 85.1 Å². The Labute approximate surface area is 192 Å². The molecule has 0 fully saturated rings. The van der Waals surface area contributed by atoms with Crippen molar-refractivity contribution in [1.82, 2.24) is 4.98 Å². The number of pyridine rings is 1. The fourth-order valence-electron chi connectivity index (χ4n) is 2.56. The average Bonchev–Trinajstić information content (AvgIpc) is 2.71. The van der Waals surface area contributed by atoms with E-state index in [1.165, 1.54) is 18.2 Å². The standard InChI is InChI=1S/C19H9Cl3F3N3O4/c20-12-6-9(7-13(21)16(12)22)27-18(29)11-8-10(3-4-14(11)28(30)31)32-15-2-1-5-26-17(15)19(23,24)25/h1-8H,(H,27,29). The van der Waals surface area contributed by atoms with Crippen LogP contribution in [0.4, 0.5) is 24.5 Å². The summed E-state index contributed by atoms with van der Waals surface area (Å²) in [5.74, 6) is -1.86. The van der Waals surface area contributed by atoms with Gasteiger partial charge in [-0.2, -0.15) is 13.2 Å². The molecule has 1 amide bonds. The molecule has 1 heterocycles. The third-order valence-corrected chi connectivity index (χ3v) is 5.11. The van der Waals surface area contributed by atoms with Gasteiger partial charge in [-0.15, -0.1) is 0 Å². The third-order valence-electron chi connectivity index (χ3n) is 3.92. The maximum atomic E-state index is 13.1. The van der Waals surface area contributed by atoms with Crippen LogP contribution < -0.4 is 10.1 Å². The lowest BCUT2D eigenvalue weighted by Gasteiger charge is -2.13. The van der Waals surface area contributed by atoms with E-state index in [4.69, 9.17) is 39.5 Å². The smallest absolute Gasteiger partial charge is 0.437 e. The maximum absolute atomic E-state index is 13.1. The molecule has 0 aliphatic carbocycles. The van der Waals surface area contributed by atoms with Gasteiger partial charge in [0.05, 0.1) is 20.0 Å². The Morgan fingerprint density at radius 3 is 2.34 bits per heavy atom. The summed E-state index contributed by atoms with van der Waals surface area (Å²) in [5, 5.41) is 13.8. The molecule has 166 valence electrons. The SMILES string of the molecule is O=C(Nc1cc(Cl)c(Cl)c(Cl)c1)c1cc(Oc2cccnc2C(F)(F)F)ccc1[N+](=O)[O-]. The van der Waals surface area contributed by atoms with E-state index in [9.17, 15) is 28.1 Å². The van der Waals surface area contributed by atoms with Crippen molar-refractivity contribution >= 4 is 52.1 Å². The number of hydrogen-bond donors (Lipinski definition) is 1. The van der Waals surface area contributed by atoms with Crippen molar-refractivity contribution in [2.75, 3.05) is 5.32 Å². The van der Waals surface area contributed by atoms with Gasteiger partial charge in [-0.25, -0.2) is 4.98 Å². The Morgan fingerprint density at radius 2 is 1.75 bits per heavy atom. The number of aromatic nitrogens is 1. The van der Waals surface area contributed by atoms with Gasteiger partial charge in [0.25, 0.3) is 11.6 Å². The van der Waals surface area contributed by atoms with E-state index >= 15 is 0 Å². The second kappa shape index (κ2) is 9.19. The van der Waals surface area contributed by atoms with Crippen LogP contribution in [0.5, 0.6) is 11.5 Å². The lowest BCUT2D eigenvalue weighted by Crippen LogP contribution is -2.14. The number of rotatable bonds is 5. The summed E-state index contributed by atoms with van der Waals surface area (Å²) in [5.41, 5.74) is -2.30. The Morgan fingerprint density at radius 1 is 1.09 bits per heavy atom. The molecule has 0 atom stereocenters. The van der Waals surface area contributed by atoms with Crippen LogP contribution in [0.2, 0.25) is 15.1 Å². The lowest BCUT2D eigenvalue weighted by atomic mass is 10.1. The molecule has 0 saturated heterocycles. The van der Waals surface area contributed by atoms with Crippen molar-refractivity contribution in [2.24, 2.45) is 0 Å². The van der Waals surface area contributed by atoms with Gasteiger partial charge in [-0.05, 0) is 30.3 Å². The Bertz CT molecular complexity index is 1200. The predicted molar refractivity (Wildman–Crippen MR) is 112 cm³/mol. The fraction of sp³-hybridized carbons (Fsp3) is 0.0526. The van der Waals surface area contributed by atoms with Gasteiger partial charge in [-0.1, -0.05) is 34.8 Å². The van der Waals surface area contributed by atoms with Crippen molar-refractivity contribution in [3.8, 4) is 11.5 Å². The average molecular weight is 507 g/mol. The van der Waals surface area contributed by atoms with Crippen LogP contribution in [-0.2, 0) is 6.18 Å². The van der Waals surface area contributed by atoms with E-state index < -0.39 is 39.7 Å². The monoisotopic (exact) mass is 505 g/mol. The van der Waals surface area contributed by atoms with Gasteiger partial charge >= 0.3 is 6.18 Å². The number of ether oxygens (including phenoxy) is 1. The number of nitro benzene ring substituents is 1. The van der Waals surface area contributed by atoms with E-state index in [2.05, 4.69) is 10.3 Å². The van der Waals surface area contributed by atoms with Crippen LogP contribution in [0.1, 0.15) is 16.1 Å². The van der Waals surface area contributed by atoms with Gasteiger partial charge in [0.2, 0.25) is 0 Å². The van der Waals surface area contributed by atoms with E-state index in [0.29, 0.717) is 0 Å². The van der Waals surface area contributed by atoms with Gasteiger partial charge in [-0.3, -0.25) is 14.9 Å². The number of nitro groups is 1. The molecule has 3 aromatic rings. The van der Waals surface area contributed by atoms with Crippen LogP contribution in [0.3, 0.4) is 0 Å². The second-order valence-electron chi connectivity index (χ2n) is 6.09. The highest BCUT2D eigenvalue weighted by molar-refractivity contribution is 6.48. The van der Waals surface area contributed by atoms with Gasteiger partial charge in [0, 0.05) is 24.0 Å². The van der Waals surface area contributed by atoms with Gasteiger partial charge in [0.15, 0.2) is 11.4 Å². The quantitative estimate of drug-likeness (QED) is 0.228. The number of hydrogen-bond acceptors (Lipinski definition) is 5. The molecule has 1 N–H and O–H groups in total. The Kier molecular flexibility index (Phi) is 6.77. The highest BCUT2D eigenvalue weighted by Crippen LogP contribution is 2.37. The van der Waals surface area contributed by atoms with Gasteiger partial charge in [0.1, 0.15) is 11.3 Å². The molecule has 13 heteroatoms. The molecule has 3 rings (SSSR count). The first kappa shape index (κ1) is 23.6. The van der Waals surface area contributed by atoms with Crippen LogP contribution >= 0.6 is 34.8 Å². The summed E-state index contributed by atoms with van der Waals surface area (Å²) in [7, 11) is 0. The second-order valence-corrected chi connectivity index (χ2v) is 7.29. The molecule has 32 heavy (non-hydrogen) atoms. The van der Waals surface area contributed by atoms with Crippen LogP contribution in [0.25, 0.3) is 0 Å². The normalized spacial score (nSPS) is 11.2. The number of carbonyl (C=O) groups excluding carboxylic acids is 1. The zero-order valence-corrected chi connectivity index (χ0v) is 17.7. The van der Waals surface area contributed by atoms with E-state index in [0.717, 1.165) is 30.5 Å². The number of nitrogens with one attached hydrogen (secondary N) is 1. The summed E-state index contributed by atoms with van der Waals surface area (Å²) in [6.07, 6.45) is -3.86. The van der Waals surface area contributed by atoms with Crippen LogP contribution in [0, 0.1) is 10.1 Å². The van der Waals surface area contributed by atoms with Crippen molar-refractivity contribution in [3.63, 3.8) is 0 Å². The molecule has 0 bridgehead atoms. The van der Waals surface area contributed by atoms with E-state index in [-0.39, 0.29) is 26.5 Å². The Balaban J connectivity index is 1.97. The number of benzene rings is 2. The first-order chi connectivity index (χ1) is 15.0. The molecular weight excluding hydrogens is 498 g/mol. The minimum absolute atomic E-state index is 0.0253. The zero-order valence-electron chi connectivity index (χ0n) is 15.4. The molecule has 0 aliphatic heterocycles. The fourth-order valence-corrected chi connectivity index (χ4v) is 3.15. The number of alkyl halides is 3. The van der Waals surface area contributed by atoms with Gasteiger partial charge < -0.3 is 10.1 Å². The first-order valence-corrected chi connectivity index (χ1v) is 9.55. The number of amides is 1. The summed E-state index contributed by atoms with van der Waals surface area (Å²) in [6, 6.07) is 7.69. The lowest BCUT2D eigenvalue weighted by molar-refractivity contribution is -0.385. The molecule has 7 nitrogen and oxygen atoms in total. The van der Waals surface area contributed by atoms with Crippen LogP contribution in [0.15, 0.2) is 48.7 Å². The summed E-state index contributed by atoms with van der Waals surface area (Å²) in [4.78, 5) is 26.5. The van der Waals surface area contributed by atoms with E-state index in [1.807, 2.05) is 0 Å². The van der Waals surface area contributed by atoms with E-state index in [1.54, 1.807) is 0 Å².